The van der Waals surface area contributed by atoms with E-state index >= 15 is 0 Å². The van der Waals surface area contributed by atoms with Gasteiger partial charge in [0.25, 0.3) is 0 Å². The van der Waals surface area contributed by atoms with Crippen LogP contribution in [0.5, 0.6) is 0 Å². The molecule has 0 amide bonds. The van der Waals surface area contributed by atoms with Crippen molar-refractivity contribution in [1.29, 1.82) is 0 Å². The summed E-state index contributed by atoms with van der Waals surface area (Å²) in [5.74, 6) is -1.47. The summed E-state index contributed by atoms with van der Waals surface area (Å²) in [7, 11) is 0. The molecule has 1 aliphatic rings. The number of unbranched alkanes of at least 4 members (excludes halogenated alkanes) is 7. The van der Waals surface area contributed by atoms with Crippen LogP contribution < -0.4 is 0 Å². The highest BCUT2D eigenvalue weighted by atomic mass is 16.6. The van der Waals surface area contributed by atoms with Gasteiger partial charge in [-0.15, -0.1) is 0 Å². The third kappa shape index (κ3) is 7.14. The van der Waals surface area contributed by atoms with Crippen molar-refractivity contribution < 1.29 is 24.2 Å². The second-order valence-corrected chi connectivity index (χ2v) is 6.33. The van der Waals surface area contributed by atoms with Gasteiger partial charge >= 0.3 is 11.9 Å². The van der Waals surface area contributed by atoms with Crippen LogP contribution in [0.15, 0.2) is 0 Å². The third-order valence-electron chi connectivity index (χ3n) is 4.65. The Labute approximate surface area is 139 Å². The molecule has 0 aromatic heterocycles. The number of hydrogen-bond acceptors (Lipinski definition) is 4. The number of esters is 1. The van der Waals surface area contributed by atoms with E-state index in [-0.39, 0.29) is 18.3 Å². The van der Waals surface area contributed by atoms with Gasteiger partial charge in [0.1, 0.15) is 6.79 Å². The minimum absolute atomic E-state index is 0.110. The molecule has 23 heavy (non-hydrogen) atoms. The van der Waals surface area contributed by atoms with Crippen molar-refractivity contribution in [2.75, 3.05) is 0 Å². The molecule has 0 aromatic carbocycles. The largest absolute Gasteiger partial charge is 0.478 e. The van der Waals surface area contributed by atoms with Crippen molar-refractivity contribution >= 4 is 18.7 Å². The van der Waals surface area contributed by atoms with Gasteiger partial charge in [0.15, 0.2) is 0 Å². The monoisotopic (exact) mass is 328 g/mol. The molecule has 0 saturated carbocycles. The Morgan fingerprint density at radius 3 is 2.13 bits per heavy atom. The van der Waals surface area contributed by atoms with E-state index in [2.05, 4.69) is 6.92 Å². The van der Waals surface area contributed by atoms with Crippen LogP contribution in [0.25, 0.3) is 0 Å². The predicted octanol–water partition coefficient (Wildman–Crippen LogP) is 4.13. The molecule has 0 radical (unpaired) electrons. The Kier molecular flexibility index (Phi) is 11.4. The Hall–Kier alpha value is -1.39. The van der Waals surface area contributed by atoms with Crippen LogP contribution in [0.3, 0.4) is 0 Å². The number of hydrogen-bond donors (Lipinski definition) is 1. The van der Waals surface area contributed by atoms with Gasteiger partial charge in [-0.2, -0.15) is 0 Å². The number of aliphatic carboxylic acids is 1. The molecule has 0 spiro atoms. The zero-order chi connectivity index (χ0) is 17.7. The highest BCUT2D eigenvalue weighted by molar-refractivity contribution is 5.85. The summed E-state index contributed by atoms with van der Waals surface area (Å²) < 4.78 is 5.16. The van der Waals surface area contributed by atoms with Gasteiger partial charge in [0, 0.05) is 18.8 Å². The molecule has 5 heteroatoms. The molecule has 2 unspecified atom stereocenters. The zero-order valence-electron chi connectivity index (χ0n) is 14.6. The van der Waals surface area contributed by atoms with E-state index in [0.717, 1.165) is 19.3 Å². The summed E-state index contributed by atoms with van der Waals surface area (Å²) >= 11 is 0. The fraction of sp³-hybridized carbons (Fsp3) is 0.833. The lowest BCUT2D eigenvalue weighted by Gasteiger charge is -2.29. The number of ether oxygens (including phenoxy) is 1. The smallest absolute Gasteiger partial charge is 0.348 e. The quantitative estimate of drug-likeness (QED) is 0.455. The lowest BCUT2D eigenvalue weighted by molar-refractivity contribution is -0.175. The highest BCUT2D eigenvalue weighted by Crippen LogP contribution is 2.36. The van der Waals surface area contributed by atoms with Crippen LogP contribution in [0, 0.1) is 5.92 Å². The van der Waals surface area contributed by atoms with Gasteiger partial charge in [-0.05, 0) is 6.42 Å². The molecule has 0 aliphatic carbocycles. The first-order chi connectivity index (χ1) is 11.0. The average molecular weight is 328 g/mol. The summed E-state index contributed by atoms with van der Waals surface area (Å²) in [6, 6.07) is 0. The summed E-state index contributed by atoms with van der Waals surface area (Å²) in [6.45, 7) is 6.11. The minimum Gasteiger partial charge on any atom is -0.478 e. The van der Waals surface area contributed by atoms with E-state index in [1.54, 1.807) is 0 Å². The topological polar surface area (TPSA) is 80.7 Å². The van der Waals surface area contributed by atoms with Gasteiger partial charge in [0.05, 0.1) is 0 Å². The SMILES string of the molecule is C=O.CCCCCCCCCCC(C)C1(C(=O)O)CCC(=O)O1. The maximum atomic E-state index is 11.5. The third-order valence-corrected chi connectivity index (χ3v) is 4.65. The van der Waals surface area contributed by atoms with Gasteiger partial charge in [0.2, 0.25) is 5.60 Å². The van der Waals surface area contributed by atoms with E-state index in [9.17, 15) is 14.7 Å². The van der Waals surface area contributed by atoms with Crippen molar-refractivity contribution in [3.63, 3.8) is 0 Å². The number of rotatable bonds is 11. The molecule has 1 rings (SSSR count). The van der Waals surface area contributed by atoms with Gasteiger partial charge in [-0.3, -0.25) is 4.79 Å². The number of carboxylic acid groups (broad SMARTS) is 1. The van der Waals surface area contributed by atoms with E-state index in [4.69, 9.17) is 9.53 Å². The lowest BCUT2D eigenvalue weighted by Crippen LogP contribution is -2.44. The van der Waals surface area contributed by atoms with E-state index in [1.165, 1.54) is 38.5 Å². The lowest BCUT2D eigenvalue weighted by atomic mass is 9.82. The van der Waals surface area contributed by atoms with Crippen LogP contribution in [0.1, 0.15) is 84.5 Å². The van der Waals surface area contributed by atoms with Gasteiger partial charge in [-0.25, -0.2) is 4.79 Å². The molecule has 1 saturated heterocycles. The van der Waals surface area contributed by atoms with Crippen LogP contribution >= 0.6 is 0 Å². The normalized spacial score (nSPS) is 21.2. The molecular weight excluding hydrogens is 296 g/mol. The van der Waals surface area contributed by atoms with Crippen molar-refractivity contribution in [2.45, 2.75) is 90.1 Å². The molecule has 0 bridgehead atoms. The summed E-state index contributed by atoms with van der Waals surface area (Å²) in [6.07, 6.45) is 11.2. The van der Waals surface area contributed by atoms with Crippen LogP contribution in [-0.4, -0.2) is 29.4 Å². The summed E-state index contributed by atoms with van der Waals surface area (Å²) in [4.78, 5) is 30.8. The molecule has 134 valence electrons. The molecule has 0 aromatic rings. The number of carbonyl (C=O) groups is 3. The minimum atomic E-state index is -1.27. The number of cyclic esters (lactones) is 1. The fourth-order valence-corrected chi connectivity index (χ4v) is 3.12. The summed E-state index contributed by atoms with van der Waals surface area (Å²) in [5.41, 5.74) is -1.27. The van der Waals surface area contributed by atoms with Crippen molar-refractivity contribution in [2.24, 2.45) is 5.92 Å². The Balaban J connectivity index is 0.00000232. The zero-order valence-corrected chi connectivity index (χ0v) is 14.6. The van der Waals surface area contributed by atoms with E-state index in [1.807, 2.05) is 13.7 Å². The number of carbonyl (C=O) groups excluding carboxylic acids is 2. The molecule has 5 nitrogen and oxygen atoms in total. The predicted molar refractivity (Wildman–Crippen MR) is 89.2 cm³/mol. The van der Waals surface area contributed by atoms with E-state index < -0.39 is 11.6 Å². The maximum Gasteiger partial charge on any atom is 0.348 e. The maximum absolute atomic E-state index is 11.5. The van der Waals surface area contributed by atoms with Crippen molar-refractivity contribution in [1.82, 2.24) is 0 Å². The molecule has 2 atom stereocenters. The van der Waals surface area contributed by atoms with Crippen LogP contribution in [0.4, 0.5) is 0 Å². The van der Waals surface area contributed by atoms with Gasteiger partial charge < -0.3 is 14.6 Å². The second-order valence-electron chi connectivity index (χ2n) is 6.33. The molecule has 1 aliphatic heterocycles. The standard InChI is InChI=1S/C17H30O4.CH2O/c1-3-4-5-6-7-8-9-10-11-14(2)17(16(19)20)13-12-15(18)21-17;1-2/h14H,3-13H2,1-2H3,(H,19,20);1H2. The van der Waals surface area contributed by atoms with Gasteiger partial charge in [-0.1, -0.05) is 65.2 Å². The first-order valence-electron chi connectivity index (χ1n) is 8.77. The summed E-state index contributed by atoms with van der Waals surface area (Å²) in [5, 5.41) is 9.40. The first kappa shape index (κ1) is 21.6. The molecular formula is C18H32O5. The fourth-order valence-electron chi connectivity index (χ4n) is 3.12. The van der Waals surface area contributed by atoms with Crippen LogP contribution in [0.2, 0.25) is 0 Å². The molecule has 1 heterocycles. The van der Waals surface area contributed by atoms with E-state index in [0.29, 0.717) is 6.42 Å². The average Bonchev–Trinajstić information content (AvgIpc) is 2.95. The first-order valence-corrected chi connectivity index (χ1v) is 8.77. The second kappa shape index (κ2) is 12.1. The Morgan fingerprint density at radius 2 is 1.70 bits per heavy atom. The highest BCUT2D eigenvalue weighted by Gasteiger charge is 2.51. The Bertz CT molecular complexity index is 355. The molecule has 1 fully saturated rings. The Morgan fingerprint density at radius 1 is 1.17 bits per heavy atom. The number of carboxylic acids is 1. The molecule has 1 N–H and O–H groups in total. The van der Waals surface area contributed by atoms with Crippen molar-refractivity contribution in [3.8, 4) is 0 Å². The van der Waals surface area contributed by atoms with Crippen molar-refractivity contribution in [3.05, 3.63) is 0 Å². The van der Waals surface area contributed by atoms with Crippen LogP contribution in [-0.2, 0) is 19.1 Å².